The van der Waals surface area contributed by atoms with Crippen LogP contribution in [0.15, 0.2) is 53.3 Å². The lowest BCUT2D eigenvalue weighted by atomic mass is 10.1. The summed E-state index contributed by atoms with van der Waals surface area (Å²) in [5.41, 5.74) is 3.42. The Kier molecular flexibility index (Phi) is 6.77. The maximum Gasteiger partial charge on any atom is 0.273 e. The van der Waals surface area contributed by atoms with E-state index in [-0.39, 0.29) is 5.56 Å². The molecular weight excluding hydrogens is 487 g/mol. The molecule has 180 valence electrons. The van der Waals surface area contributed by atoms with E-state index in [0.29, 0.717) is 50.3 Å². The van der Waals surface area contributed by atoms with Crippen molar-refractivity contribution in [1.29, 1.82) is 0 Å². The highest BCUT2D eigenvalue weighted by atomic mass is 35.5. The standard InChI is InChI=1S/C25H24Cl2N6O2/c1-35-22-14-16(33-11-9-28-10-12-33)6-8-21(22)30-24-23-17(25(34)32-31-24)7-5-15(29-23)13-18-19(26)3-2-4-20(18)27/h2-8,14,28H,9-13H2,1H3,(H,30,31)(H,32,34). The second-order valence-corrected chi connectivity index (χ2v) is 9.04. The van der Waals surface area contributed by atoms with Crippen LogP contribution in [0.5, 0.6) is 5.75 Å². The number of H-pyrrole nitrogens is 1. The zero-order valence-corrected chi connectivity index (χ0v) is 20.6. The SMILES string of the molecule is COc1cc(N2CCNCC2)ccc1Nc1n[nH]c(=O)c2ccc(Cc3c(Cl)cccc3Cl)nc12. The molecule has 1 aliphatic heterocycles. The molecule has 2 aromatic heterocycles. The summed E-state index contributed by atoms with van der Waals surface area (Å²) in [6.07, 6.45) is 0.420. The maximum atomic E-state index is 12.4. The second-order valence-electron chi connectivity index (χ2n) is 8.22. The first-order chi connectivity index (χ1) is 17.0. The molecule has 0 amide bonds. The molecule has 0 aliphatic carbocycles. The van der Waals surface area contributed by atoms with E-state index in [1.165, 1.54) is 0 Å². The van der Waals surface area contributed by atoms with Crippen LogP contribution in [0.3, 0.4) is 0 Å². The van der Waals surface area contributed by atoms with Gasteiger partial charge in [0.05, 0.1) is 18.2 Å². The first kappa shape index (κ1) is 23.4. The number of rotatable bonds is 6. The minimum atomic E-state index is -0.318. The number of nitrogens with one attached hydrogen (secondary N) is 3. The van der Waals surface area contributed by atoms with Crippen molar-refractivity contribution < 1.29 is 4.74 Å². The number of aromatic amines is 1. The fourth-order valence-corrected chi connectivity index (χ4v) is 4.71. The number of aromatic nitrogens is 3. The van der Waals surface area contributed by atoms with Gasteiger partial charge in [0.25, 0.3) is 5.56 Å². The molecule has 1 saturated heterocycles. The number of halogens is 2. The lowest BCUT2D eigenvalue weighted by Crippen LogP contribution is -2.43. The van der Waals surface area contributed by atoms with E-state index in [2.05, 4.69) is 25.7 Å². The van der Waals surface area contributed by atoms with Crippen LogP contribution in [0.2, 0.25) is 10.0 Å². The third kappa shape index (κ3) is 4.91. The van der Waals surface area contributed by atoms with Crippen molar-refractivity contribution in [2.45, 2.75) is 6.42 Å². The number of ether oxygens (including phenoxy) is 1. The van der Waals surface area contributed by atoms with Crippen molar-refractivity contribution in [3.05, 3.63) is 80.2 Å². The summed E-state index contributed by atoms with van der Waals surface area (Å²) in [5, 5.41) is 15.0. The van der Waals surface area contributed by atoms with E-state index < -0.39 is 0 Å². The summed E-state index contributed by atoms with van der Waals surface area (Å²) in [6, 6.07) is 14.9. The molecule has 1 fully saturated rings. The number of pyridine rings is 1. The molecule has 8 nitrogen and oxygen atoms in total. The minimum absolute atomic E-state index is 0.318. The monoisotopic (exact) mass is 510 g/mol. The average Bonchev–Trinajstić information content (AvgIpc) is 2.88. The zero-order chi connectivity index (χ0) is 24.4. The highest BCUT2D eigenvalue weighted by molar-refractivity contribution is 6.36. The molecule has 0 bridgehead atoms. The van der Waals surface area contributed by atoms with Crippen LogP contribution in [0.1, 0.15) is 11.3 Å². The van der Waals surface area contributed by atoms with Crippen molar-refractivity contribution in [2.24, 2.45) is 0 Å². The molecule has 1 aliphatic rings. The van der Waals surface area contributed by atoms with Crippen LogP contribution < -0.4 is 25.8 Å². The minimum Gasteiger partial charge on any atom is -0.494 e. The molecule has 4 aromatic rings. The van der Waals surface area contributed by atoms with E-state index >= 15 is 0 Å². The van der Waals surface area contributed by atoms with Crippen molar-refractivity contribution in [3.8, 4) is 5.75 Å². The predicted molar refractivity (Wildman–Crippen MR) is 141 cm³/mol. The Bertz CT molecular complexity index is 1420. The van der Waals surface area contributed by atoms with Gasteiger partial charge in [-0.15, -0.1) is 0 Å². The average molecular weight is 511 g/mol. The van der Waals surface area contributed by atoms with Crippen LogP contribution in [0.4, 0.5) is 17.2 Å². The fraction of sp³-hybridized carbons (Fsp3) is 0.240. The molecule has 5 rings (SSSR count). The summed E-state index contributed by atoms with van der Waals surface area (Å²) in [4.78, 5) is 19.5. The lowest BCUT2D eigenvalue weighted by Gasteiger charge is -2.30. The van der Waals surface area contributed by atoms with Crippen LogP contribution in [0.25, 0.3) is 10.9 Å². The van der Waals surface area contributed by atoms with Gasteiger partial charge in [-0.25, -0.2) is 10.1 Å². The molecule has 0 saturated carbocycles. The summed E-state index contributed by atoms with van der Waals surface area (Å²) < 4.78 is 5.66. The van der Waals surface area contributed by atoms with Crippen molar-refractivity contribution >= 4 is 51.3 Å². The molecule has 35 heavy (non-hydrogen) atoms. The topological polar surface area (TPSA) is 95.2 Å². The van der Waals surface area contributed by atoms with Gasteiger partial charge in [-0.1, -0.05) is 29.3 Å². The quantitative estimate of drug-likeness (QED) is 0.354. The van der Waals surface area contributed by atoms with Gasteiger partial charge in [-0.05, 0) is 42.0 Å². The zero-order valence-electron chi connectivity index (χ0n) is 19.1. The van der Waals surface area contributed by atoms with Crippen molar-refractivity contribution in [2.75, 3.05) is 43.5 Å². The summed E-state index contributed by atoms with van der Waals surface area (Å²) >= 11 is 12.7. The smallest absolute Gasteiger partial charge is 0.273 e. The summed E-state index contributed by atoms with van der Waals surface area (Å²) in [6.45, 7) is 3.76. The molecule has 3 N–H and O–H groups in total. The van der Waals surface area contributed by atoms with Gasteiger partial charge in [0, 0.05) is 60.1 Å². The Morgan fingerprint density at radius 3 is 2.60 bits per heavy atom. The Labute approximate surface area is 212 Å². The maximum absolute atomic E-state index is 12.4. The second kappa shape index (κ2) is 10.1. The normalized spacial score (nSPS) is 13.7. The Morgan fingerprint density at radius 2 is 1.86 bits per heavy atom. The van der Waals surface area contributed by atoms with E-state index in [0.717, 1.165) is 37.4 Å². The molecule has 0 atom stereocenters. The fourth-order valence-electron chi connectivity index (χ4n) is 4.18. The van der Waals surface area contributed by atoms with Gasteiger partial charge in [0.1, 0.15) is 11.3 Å². The number of methoxy groups -OCH3 is 1. The Morgan fingerprint density at radius 1 is 1.09 bits per heavy atom. The van der Waals surface area contributed by atoms with Gasteiger partial charge in [0.15, 0.2) is 5.82 Å². The first-order valence-electron chi connectivity index (χ1n) is 11.3. The molecule has 10 heteroatoms. The number of hydrogen-bond donors (Lipinski definition) is 3. The molecular formula is C25H24Cl2N6O2. The van der Waals surface area contributed by atoms with E-state index in [1.54, 1.807) is 37.4 Å². The van der Waals surface area contributed by atoms with E-state index in [1.807, 2.05) is 18.2 Å². The largest absolute Gasteiger partial charge is 0.494 e. The molecule has 3 heterocycles. The highest BCUT2D eigenvalue weighted by Crippen LogP contribution is 2.33. The lowest BCUT2D eigenvalue weighted by molar-refractivity contribution is 0.416. The van der Waals surface area contributed by atoms with Crippen LogP contribution in [0, 0.1) is 0 Å². The number of fused-ring (bicyclic) bond motifs is 1. The molecule has 0 radical (unpaired) electrons. The van der Waals surface area contributed by atoms with Gasteiger partial charge in [-0.3, -0.25) is 4.79 Å². The summed E-state index contributed by atoms with van der Waals surface area (Å²) in [7, 11) is 1.63. The third-order valence-corrected chi connectivity index (χ3v) is 6.74. The highest BCUT2D eigenvalue weighted by Gasteiger charge is 2.16. The number of hydrogen-bond acceptors (Lipinski definition) is 7. The van der Waals surface area contributed by atoms with Crippen LogP contribution >= 0.6 is 23.2 Å². The van der Waals surface area contributed by atoms with Gasteiger partial charge >= 0.3 is 0 Å². The number of piperazine rings is 1. The molecule has 0 unspecified atom stereocenters. The van der Waals surface area contributed by atoms with Gasteiger partial charge in [0.2, 0.25) is 0 Å². The Balaban J connectivity index is 1.50. The van der Waals surface area contributed by atoms with Crippen LogP contribution in [-0.2, 0) is 6.42 Å². The predicted octanol–water partition coefficient (Wildman–Crippen LogP) is 4.38. The first-order valence-corrected chi connectivity index (χ1v) is 12.0. The van der Waals surface area contributed by atoms with Crippen LogP contribution in [-0.4, -0.2) is 48.5 Å². The number of anilines is 3. The number of benzene rings is 2. The summed E-state index contributed by atoms with van der Waals surface area (Å²) in [5.74, 6) is 1.08. The molecule has 2 aromatic carbocycles. The van der Waals surface area contributed by atoms with Gasteiger partial charge in [-0.2, -0.15) is 5.10 Å². The van der Waals surface area contributed by atoms with E-state index in [4.69, 9.17) is 32.9 Å². The van der Waals surface area contributed by atoms with Crippen molar-refractivity contribution in [1.82, 2.24) is 20.5 Å². The molecule has 0 spiro atoms. The third-order valence-electron chi connectivity index (χ3n) is 6.03. The number of nitrogens with zero attached hydrogens (tertiary/aromatic N) is 3. The Hall–Kier alpha value is -3.33. The van der Waals surface area contributed by atoms with Crippen molar-refractivity contribution in [3.63, 3.8) is 0 Å². The van der Waals surface area contributed by atoms with Gasteiger partial charge < -0.3 is 20.3 Å². The van der Waals surface area contributed by atoms with E-state index in [9.17, 15) is 4.79 Å².